The lowest BCUT2D eigenvalue weighted by atomic mass is 10.1. The highest BCUT2D eigenvalue weighted by Gasteiger charge is 2.39. The third-order valence-corrected chi connectivity index (χ3v) is 22.8. The number of anilines is 5. The molecule has 9 aromatic carbocycles. The summed E-state index contributed by atoms with van der Waals surface area (Å²) in [4.78, 5) is 70.1. The second kappa shape index (κ2) is 40.4. The predicted molar refractivity (Wildman–Crippen MR) is 479 cm³/mol. The van der Waals surface area contributed by atoms with Crippen LogP contribution in [0.15, 0.2) is 274 Å². The quantitative estimate of drug-likeness (QED) is 0.0435. The zero-order valence-electron chi connectivity index (χ0n) is 71.9. The van der Waals surface area contributed by atoms with Gasteiger partial charge in [-0.3, -0.25) is 47.8 Å². The van der Waals surface area contributed by atoms with Gasteiger partial charge in [-0.25, -0.2) is 9.97 Å². The molecule has 0 atom stereocenters. The number of para-hydroxylation sites is 5. The zero-order valence-corrected chi connectivity index (χ0v) is 73.5. The Bertz CT molecular complexity index is 7460. The molecule has 0 saturated carbocycles. The number of carbonyl (C=O) groups is 5. The summed E-state index contributed by atoms with van der Waals surface area (Å²) >= 11 is 2.32. The molecule has 19 aromatic rings. The van der Waals surface area contributed by atoms with Crippen LogP contribution in [0.4, 0.5) is 108 Å². The second-order valence-corrected chi connectivity index (χ2v) is 32.2. The fraction of sp³-hybridized carbons (Fsp3) is 0.138. The Hall–Kier alpha value is -16.6. The number of aromatic amines is 1. The van der Waals surface area contributed by atoms with E-state index in [4.69, 9.17) is 13.4 Å². The van der Waals surface area contributed by atoms with Crippen molar-refractivity contribution in [2.24, 2.45) is 0 Å². The number of carbonyl (C=O) groups excluding carboxylic acids is 5. The van der Waals surface area contributed by atoms with Crippen LogP contribution in [0.25, 0.3) is 54.5 Å². The molecule has 0 unspecified atom stereocenters. The number of H-pyrrole nitrogens is 1. The molecule has 6 N–H and O–H groups in total. The van der Waals surface area contributed by atoms with Crippen LogP contribution in [-0.4, -0.2) is 94.0 Å². The van der Waals surface area contributed by atoms with Gasteiger partial charge < -0.3 is 39.9 Å². The molecule has 46 heteroatoms. The summed E-state index contributed by atoms with van der Waals surface area (Å²) in [6.45, 7) is 4.98. The molecule has 10 heterocycles. The predicted octanol–water partition coefficient (Wildman–Crippen LogP) is 24.3. The van der Waals surface area contributed by atoms with Crippen molar-refractivity contribution < 1.29 is 116 Å². The van der Waals surface area contributed by atoms with E-state index in [-0.39, 0.29) is 99.0 Å². The molecule has 0 spiro atoms. The first-order valence-corrected chi connectivity index (χ1v) is 42.7. The van der Waals surface area contributed by atoms with E-state index in [0.717, 1.165) is 138 Å². The maximum absolute atomic E-state index is 13.7. The van der Waals surface area contributed by atoms with Crippen molar-refractivity contribution in [1.82, 2.24) is 64.4 Å². The van der Waals surface area contributed by atoms with Crippen molar-refractivity contribution in [2.45, 2.75) is 84.0 Å². The minimum atomic E-state index is -4.73. The van der Waals surface area contributed by atoms with Crippen LogP contribution in [0.3, 0.4) is 0 Å². The molecule has 5 amide bonds. The lowest BCUT2D eigenvalue weighted by Gasteiger charge is -2.12. The number of fused-ring (bicyclic) bond motifs is 5. The van der Waals surface area contributed by atoms with Crippen molar-refractivity contribution >= 4 is 136 Å². The average molecular weight is 1980 g/mol. The van der Waals surface area contributed by atoms with Gasteiger partial charge in [-0.1, -0.05) is 102 Å². The first-order chi connectivity index (χ1) is 66.5. The van der Waals surface area contributed by atoms with Crippen molar-refractivity contribution in [1.29, 1.82) is 0 Å². The number of halogens is 18. The molecule has 0 aliphatic rings. The smallest absolute Gasteiger partial charge is 0.418 e. The fourth-order valence-corrected chi connectivity index (χ4v) is 15.5. The first-order valence-electron chi connectivity index (χ1n) is 40.9. The summed E-state index contributed by atoms with van der Waals surface area (Å²) in [6, 6.07) is 50.1. The lowest BCUT2D eigenvalue weighted by Crippen LogP contribution is -2.13. The Balaban J connectivity index is 0.000000134. The Kier molecular flexibility index (Phi) is 28.3. The number of thiazole rings is 2. The van der Waals surface area contributed by atoms with E-state index in [2.05, 4.69) is 72.3 Å². The molecule has 140 heavy (non-hydrogen) atoms. The van der Waals surface area contributed by atoms with Crippen LogP contribution in [0.1, 0.15) is 123 Å². The van der Waals surface area contributed by atoms with E-state index >= 15 is 0 Å². The summed E-state index contributed by atoms with van der Waals surface area (Å²) in [5, 5.41) is 45.4. The fourth-order valence-electron chi connectivity index (χ4n) is 14.1. The van der Waals surface area contributed by atoms with Gasteiger partial charge in [-0.2, -0.15) is 105 Å². The molecule has 718 valence electrons. The Labute approximate surface area is 783 Å². The number of nitrogens with zero attached hydrogens (tertiary/aromatic N) is 12. The highest BCUT2D eigenvalue weighted by Crippen LogP contribution is 2.42. The molecule has 0 saturated heterocycles. The zero-order chi connectivity index (χ0) is 99.9. The average Bonchev–Trinajstić information content (AvgIpc) is 1.61. The van der Waals surface area contributed by atoms with E-state index in [1.807, 2.05) is 79.7 Å². The topological polar surface area (TPSA) is 324 Å². The van der Waals surface area contributed by atoms with Gasteiger partial charge in [-0.15, -0.1) is 22.7 Å². The van der Waals surface area contributed by atoms with Gasteiger partial charge in [0, 0.05) is 38.0 Å². The summed E-state index contributed by atoms with van der Waals surface area (Å²) in [5.74, 6) is -1.19. The number of hydrogen-bond acceptors (Lipinski definition) is 18. The molecule has 19 rings (SSSR count). The summed E-state index contributed by atoms with van der Waals surface area (Å²) in [6.07, 6.45) is -20.6. The first kappa shape index (κ1) is 98.0. The highest BCUT2D eigenvalue weighted by atomic mass is 32.1. The standard InChI is InChI=1S/C21H14F6N4O2.C21H14F6N4OS.C20H15F3N4OS.C20H14F3N3O2.C12H9N3O2/c1-11-15(10-33-30-11)19(32)28-18-14-3-2-4-16(21(25,26)27)17(14)31(29-18)9-12-5-7-13(8-6-12)20(22,23)24;1-11-17(33-10-28-11)19(32)29-18-14-3-2-4-15(21(25,26)27)16(14)31(30-18)9-12-5-7-13(8-6-12)20(22,23)24;1-12-11-29-19(24-12)18(28)25-17-15-4-2-3-5-16(15)27(26-17)10-13-6-8-14(9-7-13)20(21,22)23;21-20(22,23)15-7-5-13(6-8-15)11-26-17-4-2-1-3-16(17)18(25-26)24-19(27)14-9-10-28-12-14;16-12(8-5-6-17-7-8)13-11-9-3-1-2-4-10(9)14-15-11/h2-8,10H,9H2,1H3,(H,28,29,32);2-8,10H,9H2,1H3,(H,29,30,32);2-9,11H,10H2,1H3,(H,25,26,28);1-10,12H,11H2,(H,24,25,27);1-7H,(H2,13,14,15,16). The van der Waals surface area contributed by atoms with Gasteiger partial charge in [0.25, 0.3) is 29.5 Å². The van der Waals surface area contributed by atoms with Gasteiger partial charge in [0.15, 0.2) is 34.1 Å². The third kappa shape index (κ3) is 23.1. The number of nitrogens with one attached hydrogen (secondary N) is 6. The van der Waals surface area contributed by atoms with Crippen molar-refractivity contribution in [3.63, 3.8) is 0 Å². The number of hydrogen-bond donors (Lipinski definition) is 6. The van der Waals surface area contributed by atoms with E-state index in [9.17, 15) is 103 Å². The van der Waals surface area contributed by atoms with Crippen LogP contribution >= 0.6 is 22.7 Å². The molecule has 10 aromatic heterocycles. The molecule has 0 bridgehead atoms. The second-order valence-electron chi connectivity index (χ2n) is 30.5. The summed E-state index contributed by atoms with van der Waals surface area (Å²) < 4.78 is 255. The highest BCUT2D eigenvalue weighted by molar-refractivity contribution is 7.12. The van der Waals surface area contributed by atoms with Gasteiger partial charge in [0.05, 0.1) is 128 Å². The molecule has 0 fully saturated rings. The van der Waals surface area contributed by atoms with Crippen molar-refractivity contribution in [2.75, 3.05) is 26.6 Å². The Morgan fingerprint density at radius 2 is 0.736 bits per heavy atom. The van der Waals surface area contributed by atoms with Gasteiger partial charge in [0.2, 0.25) is 0 Å². The number of aromatic nitrogens is 13. The summed E-state index contributed by atoms with van der Waals surface area (Å²) in [7, 11) is 0. The number of alkyl halides is 18. The molecule has 0 aliphatic heterocycles. The Morgan fingerprint density at radius 3 is 1.11 bits per heavy atom. The minimum Gasteiger partial charge on any atom is -0.472 e. The van der Waals surface area contributed by atoms with Crippen LogP contribution in [0, 0.1) is 20.8 Å². The number of rotatable bonds is 18. The van der Waals surface area contributed by atoms with Crippen LogP contribution in [-0.2, 0) is 63.2 Å². The van der Waals surface area contributed by atoms with E-state index < -0.39 is 82.3 Å². The molecular weight excluding hydrogens is 1920 g/mol. The normalized spacial score (nSPS) is 11.9. The lowest BCUT2D eigenvalue weighted by molar-refractivity contribution is -0.138. The monoisotopic (exact) mass is 1980 g/mol. The van der Waals surface area contributed by atoms with Gasteiger partial charge in [-0.05, 0) is 164 Å². The van der Waals surface area contributed by atoms with E-state index in [1.54, 1.807) is 27.7 Å². The Morgan fingerprint density at radius 1 is 0.364 bits per heavy atom. The van der Waals surface area contributed by atoms with Gasteiger partial charge in [0.1, 0.15) is 29.2 Å². The third-order valence-electron chi connectivity index (χ3n) is 20.9. The van der Waals surface area contributed by atoms with E-state index in [1.165, 1.54) is 116 Å². The molecule has 26 nitrogen and oxygen atoms in total. The SMILES string of the molecule is Cc1csc(C(=O)Nc2nn(Cc3ccc(C(F)(F)F)cc3)c3ccccc23)n1.Cc1ncsc1C(=O)Nc1nn(Cc2ccc(C(F)(F)F)cc2)c2c(C(F)(F)F)cccc12.Cc1nocc1C(=O)Nc1nn(Cc2ccc(C(F)(F)F)cc2)c2c(C(F)(F)F)cccc12.O=C(Nc1n[nH]c2ccccc12)c1ccoc1.O=C(Nc1nn(Cc2ccc(C(F)(F)F)cc2)c2ccccc12)c1ccoc1. The maximum Gasteiger partial charge on any atom is 0.418 e. The molecule has 0 aliphatic carbocycles. The van der Waals surface area contributed by atoms with Crippen molar-refractivity contribution in [3.05, 3.63) is 360 Å². The molecule has 0 radical (unpaired) electrons. The number of amides is 5. The number of furan rings is 2. The number of aryl methyl sites for hydroxylation is 3. The molecular formula is C94H66F18N18O8S2. The van der Waals surface area contributed by atoms with Crippen molar-refractivity contribution in [3.8, 4) is 0 Å². The van der Waals surface area contributed by atoms with Crippen LogP contribution < -0.4 is 26.6 Å². The van der Waals surface area contributed by atoms with Crippen LogP contribution in [0.2, 0.25) is 0 Å². The van der Waals surface area contributed by atoms with E-state index in [0.29, 0.717) is 56.0 Å². The largest absolute Gasteiger partial charge is 0.472 e. The minimum absolute atomic E-state index is 0.0131. The van der Waals surface area contributed by atoms with Crippen LogP contribution in [0.5, 0.6) is 0 Å². The number of benzene rings is 9. The maximum atomic E-state index is 13.7. The van der Waals surface area contributed by atoms with Gasteiger partial charge >= 0.3 is 37.1 Å². The summed E-state index contributed by atoms with van der Waals surface area (Å²) in [5.41, 5.74) is 2.45.